The number of hydrogen-bond donors (Lipinski definition) is 1. The number of halogens is 3. The fraction of sp³-hybridized carbons (Fsp3) is 0.219. The number of nitrogens with one attached hydrogen (secondary N) is 1. The van der Waals surface area contributed by atoms with Crippen molar-refractivity contribution >= 4 is 51.0 Å². The van der Waals surface area contributed by atoms with Gasteiger partial charge in [0, 0.05) is 39.4 Å². The van der Waals surface area contributed by atoms with Gasteiger partial charge < -0.3 is 10.1 Å². The SMILES string of the molecule is CC1(C)CC(=O)C2=C(C1)c1c(ccc3ccccc13)N[C@@H]2c1cc(Cl)ccc1OCc1c(F)cccc1Cl. The van der Waals surface area contributed by atoms with E-state index in [-0.39, 0.29) is 23.4 Å². The molecular formula is C32H26Cl2FNO2. The minimum absolute atomic E-state index is 0.0546. The summed E-state index contributed by atoms with van der Waals surface area (Å²) in [5, 5.41) is 6.70. The summed E-state index contributed by atoms with van der Waals surface area (Å²) >= 11 is 12.7. The average Bonchev–Trinajstić information content (AvgIpc) is 2.87. The molecule has 2 aliphatic rings. The van der Waals surface area contributed by atoms with Gasteiger partial charge in [0.1, 0.15) is 18.2 Å². The minimum Gasteiger partial charge on any atom is -0.488 e. The van der Waals surface area contributed by atoms with Crippen LogP contribution in [0.25, 0.3) is 16.3 Å². The van der Waals surface area contributed by atoms with E-state index in [0.29, 0.717) is 22.2 Å². The molecule has 4 aromatic rings. The van der Waals surface area contributed by atoms with E-state index in [1.54, 1.807) is 24.3 Å². The van der Waals surface area contributed by atoms with Crippen LogP contribution in [0.15, 0.2) is 78.4 Å². The largest absolute Gasteiger partial charge is 0.488 e. The molecule has 0 saturated carbocycles. The van der Waals surface area contributed by atoms with Crippen molar-refractivity contribution in [2.75, 3.05) is 5.32 Å². The van der Waals surface area contributed by atoms with Crippen LogP contribution in [0.3, 0.4) is 0 Å². The summed E-state index contributed by atoms with van der Waals surface area (Å²) in [4.78, 5) is 13.8. The molecule has 0 amide bonds. The fourth-order valence-corrected chi connectivity index (χ4v) is 6.17. The van der Waals surface area contributed by atoms with Crippen molar-refractivity contribution in [2.24, 2.45) is 5.41 Å². The highest BCUT2D eigenvalue weighted by Crippen LogP contribution is 2.53. The summed E-state index contributed by atoms with van der Waals surface area (Å²) in [5.74, 6) is 0.189. The molecule has 1 heterocycles. The van der Waals surface area contributed by atoms with Gasteiger partial charge in [0.25, 0.3) is 0 Å². The maximum atomic E-state index is 14.5. The van der Waals surface area contributed by atoms with Crippen LogP contribution >= 0.6 is 23.2 Å². The van der Waals surface area contributed by atoms with E-state index in [4.69, 9.17) is 27.9 Å². The van der Waals surface area contributed by atoms with Gasteiger partial charge in [-0.15, -0.1) is 0 Å². The monoisotopic (exact) mass is 545 g/mol. The predicted molar refractivity (Wildman–Crippen MR) is 152 cm³/mol. The number of carbonyl (C=O) groups excluding carboxylic acids is 1. The van der Waals surface area contributed by atoms with Gasteiger partial charge in [-0.1, -0.05) is 73.4 Å². The number of benzene rings is 4. The second kappa shape index (κ2) is 9.44. The van der Waals surface area contributed by atoms with Crippen LogP contribution in [0.5, 0.6) is 5.75 Å². The Bertz CT molecular complexity index is 1620. The first-order chi connectivity index (χ1) is 18.2. The number of carbonyl (C=O) groups is 1. The zero-order chi connectivity index (χ0) is 26.6. The summed E-state index contributed by atoms with van der Waals surface area (Å²) in [6.07, 6.45) is 1.22. The van der Waals surface area contributed by atoms with Gasteiger partial charge in [-0.25, -0.2) is 4.39 Å². The van der Waals surface area contributed by atoms with Crippen molar-refractivity contribution in [3.63, 3.8) is 0 Å². The molecule has 0 radical (unpaired) electrons. The first-order valence-electron chi connectivity index (χ1n) is 12.6. The lowest BCUT2D eigenvalue weighted by atomic mass is 9.68. The van der Waals surface area contributed by atoms with E-state index >= 15 is 0 Å². The molecule has 0 spiro atoms. The molecule has 1 aliphatic carbocycles. The molecule has 0 saturated heterocycles. The van der Waals surface area contributed by atoms with Crippen LogP contribution in [0.4, 0.5) is 10.1 Å². The van der Waals surface area contributed by atoms with Crippen molar-refractivity contribution in [1.82, 2.24) is 0 Å². The van der Waals surface area contributed by atoms with Crippen LogP contribution in [-0.4, -0.2) is 5.78 Å². The molecule has 192 valence electrons. The van der Waals surface area contributed by atoms with Gasteiger partial charge >= 0.3 is 0 Å². The van der Waals surface area contributed by atoms with Crippen LogP contribution in [-0.2, 0) is 11.4 Å². The summed E-state index contributed by atoms with van der Waals surface area (Å²) in [6, 6.07) is 21.8. The topological polar surface area (TPSA) is 38.3 Å². The molecule has 1 atom stereocenters. The predicted octanol–water partition coefficient (Wildman–Crippen LogP) is 9.17. The number of ketones is 1. The quantitative estimate of drug-likeness (QED) is 0.277. The third-order valence-electron chi connectivity index (χ3n) is 7.46. The van der Waals surface area contributed by atoms with Crippen molar-refractivity contribution in [2.45, 2.75) is 39.3 Å². The number of hydrogen-bond acceptors (Lipinski definition) is 3. The molecule has 6 heteroatoms. The number of allylic oxidation sites excluding steroid dienone is 1. The zero-order valence-corrected chi connectivity index (χ0v) is 22.6. The van der Waals surface area contributed by atoms with Crippen molar-refractivity contribution in [1.29, 1.82) is 0 Å². The van der Waals surface area contributed by atoms with Gasteiger partial charge in [-0.05, 0) is 64.6 Å². The third-order valence-corrected chi connectivity index (χ3v) is 8.05. The van der Waals surface area contributed by atoms with Gasteiger partial charge in [-0.3, -0.25) is 4.79 Å². The molecular weight excluding hydrogens is 520 g/mol. The minimum atomic E-state index is -0.466. The first-order valence-corrected chi connectivity index (χ1v) is 13.4. The Morgan fingerprint density at radius 1 is 1.00 bits per heavy atom. The Balaban J connectivity index is 1.50. The normalized spacial score (nSPS) is 18.1. The highest BCUT2D eigenvalue weighted by molar-refractivity contribution is 6.31. The molecule has 3 nitrogen and oxygen atoms in total. The van der Waals surface area contributed by atoms with Crippen LogP contribution in [0.1, 0.15) is 49.4 Å². The van der Waals surface area contributed by atoms with Gasteiger partial charge in [0.2, 0.25) is 0 Å². The molecule has 0 aromatic heterocycles. The van der Waals surface area contributed by atoms with Crippen LogP contribution in [0.2, 0.25) is 10.0 Å². The summed E-state index contributed by atoms with van der Waals surface area (Å²) in [6.45, 7) is 4.23. The lowest BCUT2D eigenvalue weighted by Crippen LogP contribution is -2.33. The number of fused-ring (bicyclic) bond motifs is 4. The Kier molecular flexibility index (Phi) is 6.20. The smallest absolute Gasteiger partial charge is 0.162 e. The molecule has 1 N–H and O–H groups in total. The molecule has 6 rings (SSSR count). The molecule has 4 aromatic carbocycles. The fourth-order valence-electron chi connectivity index (χ4n) is 5.77. The van der Waals surface area contributed by atoms with Crippen molar-refractivity contribution in [3.05, 3.63) is 111 Å². The number of Topliss-reactive ketones (excluding diaryl/α,β-unsaturated/α-hetero) is 1. The Labute approximate surface area is 231 Å². The second-order valence-corrected chi connectivity index (χ2v) is 11.6. The highest BCUT2D eigenvalue weighted by atomic mass is 35.5. The number of rotatable bonds is 4. The zero-order valence-electron chi connectivity index (χ0n) is 21.1. The molecule has 1 aliphatic heterocycles. The number of ether oxygens (including phenoxy) is 1. The summed E-state index contributed by atoms with van der Waals surface area (Å²) in [5.41, 5.74) is 4.68. The lowest BCUT2D eigenvalue weighted by Gasteiger charge is -2.40. The standard InChI is InChI=1S/C32H26Cl2FNO2/c1-32(2)15-22-29-20-7-4-3-6-18(20)10-12-26(29)36-31(30(22)27(37)16-32)21-14-19(33)11-13-28(21)38-17-23-24(34)8-5-9-25(23)35/h3-14,31,36H,15-17H2,1-2H3/t31-/m1/s1. The van der Waals surface area contributed by atoms with Gasteiger partial charge in [-0.2, -0.15) is 0 Å². The van der Waals surface area contributed by atoms with Gasteiger partial charge in [0.05, 0.1) is 11.1 Å². The van der Waals surface area contributed by atoms with E-state index in [9.17, 15) is 9.18 Å². The maximum Gasteiger partial charge on any atom is 0.162 e. The van der Waals surface area contributed by atoms with Crippen molar-refractivity contribution in [3.8, 4) is 5.75 Å². The Hall–Kier alpha value is -3.34. The van der Waals surface area contributed by atoms with E-state index in [1.165, 1.54) is 6.07 Å². The van der Waals surface area contributed by atoms with E-state index in [1.807, 2.05) is 18.2 Å². The summed E-state index contributed by atoms with van der Waals surface area (Å²) < 4.78 is 20.6. The third kappa shape index (κ3) is 4.36. The molecule has 0 fully saturated rings. The molecule has 0 unspecified atom stereocenters. The van der Waals surface area contributed by atoms with E-state index < -0.39 is 11.9 Å². The van der Waals surface area contributed by atoms with E-state index in [2.05, 4.69) is 43.4 Å². The lowest BCUT2D eigenvalue weighted by molar-refractivity contribution is -0.118. The first kappa shape index (κ1) is 25.0. The second-order valence-electron chi connectivity index (χ2n) is 10.8. The highest BCUT2D eigenvalue weighted by Gasteiger charge is 2.41. The Morgan fingerprint density at radius 2 is 1.82 bits per heavy atom. The van der Waals surface area contributed by atoms with Crippen LogP contribution in [0, 0.1) is 11.2 Å². The molecule has 38 heavy (non-hydrogen) atoms. The number of anilines is 1. The van der Waals surface area contributed by atoms with Crippen LogP contribution < -0.4 is 10.1 Å². The maximum absolute atomic E-state index is 14.5. The average molecular weight is 546 g/mol. The van der Waals surface area contributed by atoms with Gasteiger partial charge in [0.15, 0.2) is 5.78 Å². The summed E-state index contributed by atoms with van der Waals surface area (Å²) in [7, 11) is 0. The Morgan fingerprint density at radius 3 is 2.63 bits per heavy atom. The molecule has 0 bridgehead atoms. The van der Waals surface area contributed by atoms with Crippen molar-refractivity contribution < 1.29 is 13.9 Å². The van der Waals surface area contributed by atoms with E-state index in [0.717, 1.165) is 45.2 Å².